The fourth-order valence-electron chi connectivity index (χ4n) is 2.59. The maximum atomic E-state index is 12.2. The number of benzene rings is 1. The maximum absolute atomic E-state index is 12.2. The number of ether oxygens (including phenoxy) is 1. The highest BCUT2D eigenvalue weighted by molar-refractivity contribution is 5.87. The Morgan fingerprint density at radius 2 is 2.00 bits per heavy atom. The van der Waals surface area contributed by atoms with Gasteiger partial charge in [-0.05, 0) is 50.8 Å². The highest BCUT2D eigenvalue weighted by Gasteiger charge is 2.23. The second-order valence-electron chi connectivity index (χ2n) is 5.78. The molecule has 1 aliphatic heterocycles. The van der Waals surface area contributed by atoms with Crippen molar-refractivity contribution in [1.82, 2.24) is 10.2 Å². The molecule has 1 aromatic carbocycles. The van der Waals surface area contributed by atoms with Gasteiger partial charge >= 0.3 is 0 Å². The molecule has 1 unspecified atom stereocenters. The number of aryl methyl sites for hydroxylation is 1. The Kier molecular flexibility index (Phi) is 5.81. The first kappa shape index (κ1) is 16.3. The van der Waals surface area contributed by atoms with Crippen LogP contribution in [0.5, 0.6) is 5.75 Å². The van der Waals surface area contributed by atoms with E-state index >= 15 is 0 Å². The number of piperidine rings is 1. The van der Waals surface area contributed by atoms with E-state index < -0.39 is 6.04 Å². The lowest BCUT2D eigenvalue weighted by Crippen LogP contribution is -2.49. The zero-order valence-corrected chi connectivity index (χ0v) is 13.3. The van der Waals surface area contributed by atoms with E-state index in [1.54, 1.807) is 6.92 Å². The molecule has 0 spiro atoms. The van der Waals surface area contributed by atoms with E-state index in [0.717, 1.165) is 31.5 Å². The molecule has 0 bridgehead atoms. The van der Waals surface area contributed by atoms with Gasteiger partial charge in [0.15, 0.2) is 6.61 Å². The summed E-state index contributed by atoms with van der Waals surface area (Å²) in [5, 5.41) is 2.71. The van der Waals surface area contributed by atoms with E-state index in [9.17, 15) is 9.59 Å². The Balaban J connectivity index is 1.77. The van der Waals surface area contributed by atoms with Gasteiger partial charge in [-0.3, -0.25) is 9.59 Å². The van der Waals surface area contributed by atoms with Crippen LogP contribution < -0.4 is 10.1 Å². The van der Waals surface area contributed by atoms with Crippen molar-refractivity contribution in [3.63, 3.8) is 0 Å². The number of carbonyl (C=O) groups is 2. The summed E-state index contributed by atoms with van der Waals surface area (Å²) in [6.07, 6.45) is 3.26. The summed E-state index contributed by atoms with van der Waals surface area (Å²) in [7, 11) is 0. The lowest BCUT2D eigenvalue weighted by atomic mass is 10.1. The molecule has 1 fully saturated rings. The SMILES string of the molecule is Cc1cccc(OCC(=O)NC(C)C(=O)N2CCCCC2)c1. The Hall–Kier alpha value is -2.04. The number of likely N-dealkylation sites (tertiary alicyclic amines) is 1. The standard InChI is InChI=1S/C17H24N2O3/c1-13-7-6-8-15(11-13)22-12-16(20)18-14(2)17(21)19-9-4-3-5-10-19/h6-8,11,14H,3-5,9-10,12H2,1-2H3,(H,18,20). The monoisotopic (exact) mass is 304 g/mol. The molecule has 1 heterocycles. The van der Waals surface area contributed by atoms with Crippen LogP contribution in [0.2, 0.25) is 0 Å². The summed E-state index contributed by atoms with van der Waals surface area (Å²) >= 11 is 0. The number of rotatable bonds is 5. The van der Waals surface area contributed by atoms with Gasteiger partial charge < -0.3 is 15.0 Å². The van der Waals surface area contributed by atoms with Crippen LogP contribution in [0.1, 0.15) is 31.7 Å². The van der Waals surface area contributed by atoms with Crippen molar-refractivity contribution in [2.24, 2.45) is 0 Å². The zero-order chi connectivity index (χ0) is 15.9. The van der Waals surface area contributed by atoms with E-state index in [1.807, 2.05) is 36.1 Å². The smallest absolute Gasteiger partial charge is 0.258 e. The number of hydrogen-bond acceptors (Lipinski definition) is 3. The van der Waals surface area contributed by atoms with Gasteiger partial charge in [0.25, 0.3) is 5.91 Å². The minimum absolute atomic E-state index is 0.0106. The first-order valence-electron chi connectivity index (χ1n) is 7.84. The largest absolute Gasteiger partial charge is 0.484 e. The van der Waals surface area contributed by atoms with E-state index in [2.05, 4.69) is 5.32 Å². The molecular formula is C17H24N2O3. The van der Waals surface area contributed by atoms with Crippen molar-refractivity contribution in [2.75, 3.05) is 19.7 Å². The third-order valence-electron chi connectivity index (χ3n) is 3.78. The van der Waals surface area contributed by atoms with Crippen LogP contribution in [0, 0.1) is 6.92 Å². The topological polar surface area (TPSA) is 58.6 Å². The lowest BCUT2D eigenvalue weighted by molar-refractivity contribution is -0.137. The molecule has 1 N–H and O–H groups in total. The summed E-state index contributed by atoms with van der Waals surface area (Å²) in [5.41, 5.74) is 1.08. The molecule has 2 rings (SSSR count). The highest BCUT2D eigenvalue weighted by atomic mass is 16.5. The van der Waals surface area contributed by atoms with Crippen LogP contribution in [0.3, 0.4) is 0 Å². The molecule has 0 aliphatic carbocycles. The second-order valence-corrected chi connectivity index (χ2v) is 5.78. The molecule has 1 atom stereocenters. The third-order valence-corrected chi connectivity index (χ3v) is 3.78. The Labute approximate surface area is 131 Å². The van der Waals surface area contributed by atoms with Gasteiger partial charge in [0.1, 0.15) is 11.8 Å². The van der Waals surface area contributed by atoms with E-state index in [0.29, 0.717) is 5.75 Å². The van der Waals surface area contributed by atoms with Crippen LogP contribution in [-0.2, 0) is 9.59 Å². The molecule has 0 saturated carbocycles. The van der Waals surface area contributed by atoms with Crippen molar-refractivity contribution in [3.8, 4) is 5.75 Å². The van der Waals surface area contributed by atoms with E-state index in [-0.39, 0.29) is 18.4 Å². The van der Waals surface area contributed by atoms with Crippen LogP contribution in [-0.4, -0.2) is 42.5 Å². The average molecular weight is 304 g/mol. The van der Waals surface area contributed by atoms with Gasteiger partial charge in [-0.15, -0.1) is 0 Å². The molecule has 2 amide bonds. The summed E-state index contributed by atoms with van der Waals surface area (Å²) < 4.78 is 5.44. The molecule has 1 aliphatic rings. The molecule has 22 heavy (non-hydrogen) atoms. The van der Waals surface area contributed by atoms with Gasteiger partial charge in [-0.25, -0.2) is 0 Å². The maximum Gasteiger partial charge on any atom is 0.258 e. The van der Waals surface area contributed by atoms with Crippen LogP contribution >= 0.6 is 0 Å². The number of amides is 2. The summed E-state index contributed by atoms with van der Waals surface area (Å²) in [6.45, 7) is 5.19. The molecule has 0 aromatic heterocycles. The zero-order valence-electron chi connectivity index (χ0n) is 13.3. The molecule has 5 nitrogen and oxygen atoms in total. The number of nitrogens with one attached hydrogen (secondary N) is 1. The van der Waals surface area contributed by atoms with Gasteiger partial charge in [0.05, 0.1) is 0 Å². The Morgan fingerprint density at radius 1 is 1.27 bits per heavy atom. The molecule has 5 heteroatoms. The van der Waals surface area contributed by atoms with E-state index in [1.165, 1.54) is 6.42 Å². The van der Waals surface area contributed by atoms with Gasteiger partial charge in [0, 0.05) is 13.1 Å². The number of nitrogens with zero attached hydrogens (tertiary/aromatic N) is 1. The fourth-order valence-corrected chi connectivity index (χ4v) is 2.59. The third kappa shape index (κ3) is 4.76. The molecule has 1 aromatic rings. The van der Waals surface area contributed by atoms with Crippen molar-refractivity contribution >= 4 is 11.8 Å². The number of carbonyl (C=O) groups excluding carboxylic acids is 2. The predicted molar refractivity (Wildman–Crippen MR) is 84.7 cm³/mol. The molecule has 0 radical (unpaired) electrons. The van der Waals surface area contributed by atoms with Crippen molar-refractivity contribution < 1.29 is 14.3 Å². The second kappa shape index (κ2) is 7.82. The molecular weight excluding hydrogens is 280 g/mol. The average Bonchev–Trinajstić information content (AvgIpc) is 2.53. The fraction of sp³-hybridized carbons (Fsp3) is 0.529. The van der Waals surface area contributed by atoms with Crippen molar-refractivity contribution in [3.05, 3.63) is 29.8 Å². The Bertz CT molecular complexity index is 524. The lowest BCUT2D eigenvalue weighted by Gasteiger charge is -2.29. The molecule has 120 valence electrons. The first-order chi connectivity index (χ1) is 10.6. The minimum atomic E-state index is -0.508. The van der Waals surface area contributed by atoms with E-state index in [4.69, 9.17) is 4.74 Å². The normalized spacial score (nSPS) is 16.0. The Morgan fingerprint density at radius 3 is 2.68 bits per heavy atom. The minimum Gasteiger partial charge on any atom is -0.484 e. The summed E-state index contributed by atoms with van der Waals surface area (Å²) in [5.74, 6) is 0.369. The predicted octanol–water partition coefficient (Wildman–Crippen LogP) is 1.89. The quantitative estimate of drug-likeness (QED) is 0.904. The first-order valence-corrected chi connectivity index (χ1v) is 7.84. The van der Waals surface area contributed by atoms with Crippen LogP contribution in [0.4, 0.5) is 0 Å². The van der Waals surface area contributed by atoms with Crippen molar-refractivity contribution in [1.29, 1.82) is 0 Å². The van der Waals surface area contributed by atoms with Gasteiger partial charge in [-0.1, -0.05) is 12.1 Å². The van der Waals surface area contributed by atoms with Gasteiger partial charge in [-0.2, -0.15) is 0 Å². The number of hydrogen-bond donors (Lipinski definition) is 1. The van der Waals surface area contributed by atoms with Crippen LogP contribution in [0.25, 0.3) is 0 Å². The van der Waals surface area contributed by atoms with Crippen molar-refractivity contribution in [2.45, 2.75) is 39.2 Å². The van der Waals surface area contributed by atoms with Crippen LogP contribution in [0.15, 0.2) is 24.3 Å². The highest BCUT2D eigenvalue weighted by Crippen LogP contribution is 2.12. The van der Waals surface area contributed by atoms with Gasteiger partial charge in [0.2, 0.25) is 5.91 Å². The molecule has 1 saturated heterocycles. The summed E-state index contributed by atoms with van der Waals surface area (Å²) in [4.78, 5) is 25.9. The summed E-state index contributed by atoms with van der Waals surface area (Å²) in [6, 6.07) is 7.02.